The second-order valence-corrected chi connectivity index (χ2v) is 10.9. The highest BCUT2D eigenvalue weighted by atomic mass is 19.1. The van der Waals surface area contributed by atoms with E-state index in [1.807, 2.05) is 40.1 Å². The lowest BCUT2D eigenvalue weighted by molar-refractivity contribution is -0.143. The molecule has 2 aliphatic heterocycles. The number of halogens is 1. The maximum atomic E-state index is 14.0. The monoisotopic (exact) mass is 508 g/mol. The zero-order chi connectivity index (χ0) is 25.7. The highest BCUT2D eigenvalue weighted by Crippen LogP contribution is 2.44. The van der Waals surface area contributed by atoms with Crippen LogP contribution in [0.1, 0.15) is 50.5 Å². The number of piperidine rings is 1. The SMILES string of the molecule is O=C(CC1(COc2ccccc2)CCN(C(=O)C2(c3ccc(F)cc3)CCCC2)CC1)N1CCOCC1. The number of rotatable bonds is 7. The van der Waals surface area contributed by atoms with Crippen LogP contribution < -0.4 is 4.74 Å². The Labute approximate surface area is 218 Å². The Hall–Kier alpha value is -2.93. The Bertz CT molecular complexity index is 1050. The van der Waals surface area contributed by atoms with E-state index in [0.29, 0.717) is 65.3 Å². The highest BCUT2D eigenvalue weighted by molar-refractivity contribution is 5.89. The number of carbonyl (C=O) groups is 2. The largest absolute Gasteiger partial charge is 0.493 e. The van der Waals surface area contributed by atoms with Gasteiger partial charge in [0.15, 0.2) is 0 Å². The Morgan fingerprint density at radius 2 is 1.49 bits per heavy atom. The van der Waals surface area contributed by atoms with Gasteiger partial charge in [-0.2, -0.15) is 0 Å². The molecule has 37 heavy (non-hydrogen) atoms. The fourth-order valence-electron chi connectivity index (χ4n) is 6.23. The molecule has 0 spiro atoms. The molecule has 0 bridgehead atoms. The van der Waals surface area contributed by atoms with E-state index in [1.54, 1.807) is 12.1 Å². The van der Waals surface area contributed by atoms with Crippen molar-refractivity contribution in [2.75, 3.05) is 46.0 Å². The van der Waals surface area contributed by atoms with Gasteiger partial charge in [-0.1, -0.05) is 43.2 Å². The summed E-state index contributed by atoms with van der Waals surface area (Å²) in [7, 11) is 0. The van der Waals surface area contributed by atoms with Crippen LogP contribution in [0, 0.1) is 11.2 Å². The molecule has 0 unspecified atom stereocenters. The number of carbonyl (C=O) groups excluding carboxylic acids is 2. The summed E-state index contributed by atoms with van der Waals surface area (Å²) >= 11 is 0. The maximum Gasteiger partial charge on any atom is 0.233 e. The van der Waals surface area contributed by atoms with Crippen LogP contribution in [0.3, 0.4) is 0 Å². The summed E-state index contributed by atoms with van der Waals surface area (Å²) in [6, 6.07) is 16.2. The van der Waals surface area contributed by atoms with Crippen molar-refractivity contribution in [3.8, 4) is 5.75 Å². The third-order valence-corrected chi connectivity index (χ3v) is 8.55. The Morgan fingerprint density at radius 3 is 2.14 bits per heavy atom. The number of nitrogens with zero attached hydrogens (tertiary/aromatic N) is 2. The van der Waals surface area contributed by atoms with Gasteiger partial charge in [-0.25, -0.2) is 4.39 Å². The van der Waals surface area contributed by atoms with Crippen molar-refractivity contribution in [2.24, 2.45) is 5.41 Å². The van der Waals surface area contributed by atoms with Crippen LogP contribution in [0.25, 0.3) is 0 Å². The van der Waals surface area contributed by atoms with E-state index in [4.69, 9.17) is 9.47 Å². The van der Waals surface area contributed by atoms with Crippen molar-refractivity contribution in [1.82, 2.24) is 9.80 Å². The molecule has 6 nitrogen and oxygen atoms in total. The lowest BCUT2D eigenvalue weighted by Gasteiger charge is -2.44. The first-order chi connectivity index (χ1) is 18.0. The van der Waals surface area contributed by atoms with Gasteiger partial charge in [0.05, 0.1) is 25.2 Å². The molecule has 2 amide bonds. The topological polar surface area (TPSA) is 59.1 Å². The number of ether oxygens (including phenoxy) is 2. The number of benzene rings is 2. The minimum absolute atomic E-state index is 0.137. The van der Waals surface area contributed by atoms with Crippen molar-refractivity contribution in [3.05, 3.63) is 66.0 Å². The van der Waals surface area contributed by atoms with Crippen molar-refractivity contribution in [1.29, 1.82) is 0 Å². The maximum absolute atomic E-state index is 14.0. The van der Waals surface area contributed by atoms with Gasteiger partial charge in [-0.05, 0) is 55.5 Å². The first kappa shape index (κ1) is 25.7. The van der Waals surface area contributed by atoms with E-state index in [0.717, 1.165) is 37.0 Å². The second-order valence-electron chi connectivity index (χ2n) is 10.9. The Kier molecular flexibility index (Phi) is 7.79. The average molecular weight is 509 g/mol. The van der Waals surface area contributed by atoms with E-state index in [9.17, 15) is 14.0 Å². The first-order valence-corrected chi connectivity index (χ1v) is 13.6. The van der Waals surface area contributed by atoms with E-state index in [-0.39, 0.29) is 23.0 Å². The van der Waals surface area contributed by atoms with Gasteiger partial charge in [0.1, 0.15) is 11.6 Å². The molecule has 0 N–H and O–H groups in total. The third kappa shape index (κ3) is 5.66. The molecule has 0 aromatic heterocycles. The summed E-state index contributed by atoms with van der Waals surface area (Å²) < 4.78 is 25.3. The van der Waals surface area contributed by atoms with Gasteiger partial charge in [0.2, 0.25) is 11.8 Å². The fourth-order valence-corrected chi connectivity index (χ4v) is 6.23. The van der Waals surface area contributed by atoms with Gasteiger partial charge < -0.3 is 19.3 Å². The van der Waals surface area contributed by atoms with Crippen LogP contribution in [0.15, 0.2) is 54.6 Å². The molecule has 3 fully saturated rings. The molecule has 0 atom stereocenters. The molecule has 1 aliphatic carbocycles. The van der Waals surface area contributed by atoms with Crippen molar-refractivity contribution in [3.63, 3.8) is 0 Å². The molecule has 7 heteroatoms. The third-order valence-electron chi connectivity index (χ3n) is 8.55. The average Bonchev–Trinajstić information content (AvgIpc) is 3.45. The predicted molar refractivity (Wildman–Crippen MR) is 139 cm³/mol. The lowest BCUT2D eigenvalue weighted by Crippen LogP contribution is -2.53. The standard InChI is InChI=1S/C30H37FN2O4/c31-25-10-8-24(9-11-25)30(12-4-5-13-30)28(35)33-16-14-29(15-17-33,23-37-26-6-2-1-3-7-26)22-27(34)32-18-20-36-21-19-32/h1-3,6-11H,4-5,12-23H2. The second kappa shape index (κ2) is 11.2. The van der Waals surface area contributed by atoms with Crippen molar-refractivity contribution < 1.29 is 23.5 Å². The normalized spacial score (nSPS) is 21.0. The summed E-state index contributed by atoms with van der Waals surface area (Å²) in [6.07, 6.45) is 5.42. The fraction of sp³-hybridized carbons (Fsp3) is 0.533. The van der Waals surface area contributed by atoms with E-state index < -0.39 is 5.41 Å². The molecule has 0 radical (unpaired) electrons. The van der Waals surface area contributed by atoms with Crippen LogP contribution in [0.2, 0.25) is 0 Å². The molecule has 2 saturated heterocycles. The van der Waals surface area contributed by atoms with Crippen LogP contribution in [-0.2, 0) is 19.7 Å². The van der Waals surface area contributed by atoms with Crippen molar-refractivity contribution in [2.45, 2.75) is 50.4 Å². The van der Waals surface area contributed by atoms with Crippen LogP contribution >= 0.6 is 0 Å². The minimum atomic E-state index is -0.572. The lowest BCUT2D eigenvalue weighted by atomic mass is 9.73. The summed E-state index contributed by atoms with van der Waals surface area (Å²) in [4.78, 5) is 31.1. The van der Waals surface area contributed by atoms with Crippen LogP contribution in [0.5, 0.6) is 5.75 Å². The van der Waals surface area contributed by atoms with E-state index >= 15 is 0 Å². The molecule has 2 heterocycles. The molecule has 2 aromatic carbocycles. The number of morpholine rings is 1. The van der Waals surface area contributed by atoms with Gasteiger partial charge >= 0.3 is 0 Å². The molecular weight excluding hydrogens is 471 g/mol. The quantitative estimate of drug-likeness (QED) is 0.550. The first-order valence-electron chi connectivity index (χ1n) is 13.6. The minimum Gasteiger partial charge on any atom is -0.493 e. The highest BCUT2D eigenvalue weighted by Gasteiger charge is 2.47. The zero-order valence-corrected chi connectivity index (χ0v) is 21.5. The molecule has 3 aliphatic rings. The number of para-hydroxylation sites is 1. The summed E-state index contributed by atoms with van der Waals surface area (Å²) in [6.45, 7) is 4.03. The predicted octanol–water partition coefficient (Wildman–Crippen LogP) is 4.57. The Balaban J connectivity index is 1.31. The zero-order valence-electron chi connectivity index (χ0n) is 21.5. The summed E-state index contributed by atoms with van der Waals surface area (Å²) in [5, 5.41) is 0. The summed E-state index contributed by atoms with van der Waals surface area (Å²) in [5.41, 5.74) is 0.0154. The van der Waals surface area contributed by atoms with Gasteiger partial charge in [0.25, 0.3) is 0 Å². The van der Waals surface area contributed by atoms with Crippen molar-refractivity contribution >= 4 is 11.8 Å². The van der Waals surface area contributed by atoms with Gasteiger partial charge in [-0.3, -0.25) is 9.59 Å². The molecule has 2 aromatic rings. The molecule has 1 saturated carbocycles. The number of hydrogen-bond acceptors (Lipinski definition) is 4. The van der Waals surface area contributed by atoms with E-state index in [1.165, 1.54) is 12.1 Å². The smallest absolute Gasteiger partial charge is 0.233 e. The number of likely N-dealkylation sites (tertiary alicyclic amines) is 1. The molecule has 5 rings (SSSR count). The van der Waals surface area contributed by atoms with Crippen LogP contribution in [0.4, 0.5) is 4.39 Å². The van der Waals surface area contributed by atoms with Gasteiger partial charge in [-0.15, -0.1) is 0 Å². The number of amides is 2. The van der Waals surface area contributed by atoms with Gasteiger partial charge in [0, 0.05) is 38.0 Å². The number of hydrogen-bond donors (Lipinski definition) is 0. The van der Waals surface area contributed by atoms with E-state index in [2.05, 4.69) is 0 Å². The molecular formula is C30H37FN2O4. The molecule has 198 valence electrons. The Morgan fingerprint density at radius 1 is 0.838 bits per heavy atom. The van der Waals surface area contributed by atoms with Crippen LogP contribution in [-0.4, -0.2) is 67.6 Å². The summed E-state index contributed by atoms with van der Waals surface area (Å²) in [5.74, 6) is 0.794.